The van der Waals surface area contributed by atoms with Gasteiger partial charge in [0.25, 0.3) is 0 Å². The number of carbonyl (C=O) groups excluding carboxylic acids is 1. The molecule has 7 nitrogen and oxygen atoms in total. The average Bonchev–Trinajstić information content (AvgIpc) is 2.45. The van der Waals surface area contributed by atoms with E-state index >= 15 is 0 Å². The largest absolute Gasteiger partial charge is 0.424 e. The highest BCUT2D eigenvalue weighted by atomic mass is 16.5. The van der Waals surface area contributed by atoms with Gasteiger partial charge in [-0.25, -0.2) is 4.98 Å². The molecule has 1 aliphatic carbocycles. The molecule has 122 valence electrons. The summed E-state index contributed by atoms with van der Waals surface area (Å²) in [6, 6.07) is 10.3. The van der Waals surface area contributed by atoms with Crippen molar-refractivity contribution in [3.63, 3.8) is 0 Å². The lowest BCUT2D eigenvalue weighted by atomic mass is 9.86. The van der Waals surface area contributed by atoms with Crippen LogP contribution in [0.4, 0.5) is 23.0 Å². The lowest BCUT2D eigenvalue weighted by molar-refractivity contribution is -0.141. The van der Waals surface area contributed by atoms with E-state index in [1.54, 1.807) is 30.3 Å². The molecule has 0 bridgehead atoms. The fourth-order valence-electron chi connectivity index (χ4n) is 1.91. The van der Waals surface area contributed by atoms with Crippen molar-refractivity contribution < 1.29 is 9.53 Å². The van der Waals surface area contributed by atoms with Gasteiger partial charge in [0.15, 0.2) is 5.75 Å². The molecule has 3 rings (SSSR count). The molecular weight excluding hydrogens is 294 g/mol. The summed E-state index contributed by atoms with van der Waals surface area (Å²) in [6.07, 6.45) is 3.03. The van der Waals surface area contributed by atoms with E-state index in [9.17, 15) is 4.79 Å². The lowest BCUT2D eigenvalue weighted by Crippen LogP contribution is -2.26. The van der Waals surface area contributed by atoms with Gasteiger partial charge in [0.2, 0.25) is 0 Å². The Hall–Kier alpha value is -2.96. The van der Waals surface area contributed by atoms with Crippen molar-refractivity contribution in [2.45, 2.75) is 19.3 Å². The van der Waals surface area contributed by atoms with Crippen LogP contribution < -0.4 is 27.7 Å². The number of nitrogens with zero attached hydrogens (tertiary/aromatic N) is 1. The summed E-state index contributed by atoms with van der Waals surface area (Å²) in [6.45, 7) is 0. The number of hydrogen-bond donors (Lipinski definition) is 4. The van der Waals surface area contributed by atoms with Gasteiger partial charge in [-0.15, -0.1) is 0 Å². The molecule has 1 aliphatic rings. The molecule has 8 N–H and O–H groups in total. The van der Waals surface area contributed by atoms with Crippen molar-refractivity contribution in [1.29, 1.82) is 0 Å². The number of ether oxygens (including phenoxy) is 1. The van der Waals surface area contributed by atoms with Crippen LogP contribution in [-0.2, 0) is 4.79 Å². The Bertz CT molecular complexity index is 686. The minimum Gasteiger partial charge on any atom is -0.424 e. The van der Waals surface area contributed by atoms with Gasteiger partial charge in [-0.05, 0) is 37.1 Å². The van der Waals surface area contributed by atoms with E-state index < -0.39 is 0 Å². The molecule has 7 heteroatoms. The van der Waals surface area contributed by atoms with E-state index in [0.717, 1.165) is 19.3 Å². The SMILES string of the molecule is Nc1ccc(N)c(N)n1.Nc1ccccc1OC(=O)C1CCC1. The second kappa shape index (κ2) is 7.35. The molecule has 0 saturated heterocycles. The maximum absolute atomic E-state index is 11.5. The van der Waals surface area contributed by atoms with Crippen LogP contribution in [0.25, 0.3) is 0 Å². The zero-order valence-corrected chi connectivity index (χ0v) is 12.7. The average molecular weight is 315 g/mol. The molecule has 0 spiro atoms. The smallest absolute Gasteiger partial charge is 0.314 e. The number of nitrogens with two attached hydrogens (primary N) is 4. The van der Waals surface area contributed by atoms with Crippen LogP contribution in [0.15, 0.2) is 36.4 Å². The molecular formula is C16H21N5O2. The Balaban J connectivity index is 0.000000185. The third kappa shape index (κ3) is 4.50. The van der Waals surface area contributed by atoms with E-state index in [-0.39, 0.29) is 17.7 Å². The number of pyridine rings is 1. The second-order valence-electron chi connectivity index (χ2n) is 5.30. The zero-order valence-electron chi connectivity index (χ0n) is 12.7. The van der Waals surface area contributed by atoms with Crippen molar-refractivity contribution in [3.8, 4) is 5.75 Å². The van der Waals surface area contributed by atoms with E-state index in [4.69, 9.17) is 27.7 Å². The number of anilines is 4. The zero-order chi connectivity index (χ0) is 16.8. The van der Waals surface area contributed by atoms with Gasteiger partial charge in [-0.2, -0.15) is 0 Å². The Morgan fingerprint density at radius 3 is 2.22 bits per heavy atom. The van der Waals surface area contributed by atoms with E-state index in [1.807, 2.05) is 6.07 Å². The molecule has 1 aromatic heterocycles. The molecule has 0 aliphatic heterocycles. The van der Waals surface area contributed by atoms with Crippen LogP contribution in [-0.4, -0.2) is 11.0 Å². The number of rotatable bonds is 2. The molecule has 0 atom stereocenters. The van der Waals surface area contributed by atoms with Gasteiger partial charge < -0.3 is 27.7 Å². The first-order valence-electron chi connectivity index (χ1n) is 7.31. The summed E-state index contributed by atoms with van der Waals surface area (Å²) >= 11 is 0. The number of hydrogen-bond acceptors (Lipinski definition) is 7. The topological polar surface area (TPSA) is 143 Å². The predicted octanol–water partition coefficient (Wildman–Crippen LogP) is 1.80. The highest BCUT2D eigenvalue weighted by molar-refractivity contribution is 5.77. The van der Waals surface area contributed by atoms with Crippen LogP contribution in [0.1, 0.15) is 19.3 Å². The maximum atomic E-state index is 11.5. The number of para-hydroxylation sites is 2. The van der Waals surface area contributed by atoms with Crippen LogP contribution in [0.2, 0.25) is 0 Å². The monoisotopic (exact) mass is 315 g/mol. The Morgan fingerprint density at radius 1 is 1.00 bits per heavy atom. The summed E-state index contributed by atoms with van der Waals surface area (Å²) in [5.74, 6) is 1.10. The number of benzene rings is 1. The van der Waals surface area contributed by atoms with E-state index in [1.165, 1.54) is 0 Å². The number of carbonyl (C=O) groups is 1. The first-order valence-corrected chi connectivity index (χ1v) is 7.31. The predicted molar refractivity (Wildman–Crippen MR) is 91.3 cm³/mol. The molecule has 1 saturated carbocycles. The van der Waals surface area contributed by atoms with Crippen LogP contribution in [0.3, 0.4) is 0 Å². The highest BCUT2D eigenvalue weighted by Crippen LogP contribution is 2.29. The molecule has 0 radical (unpaired) electrons. The number of esters is 1. The molecule has 2 aromatic rings. The van der Waals surface area contributed by atoms with Crippen molar-refractivity contribution in [3.05, 3.63) is 36.4 Å². The first-order chi connectivity index (χ1) is 11.0. The summed E-state index contributed by atoms with van der Waals surface area (Å²) in [7, 11) is 0. The van der Waals surface area contributed by atoms with Crippen molar-refractivity contribution in [2.24, 2.45) is 5.92 Å². The van der Waals surface area contributed by atoms with Gasteiger partial charge in [0.05, 0.1) is 17.3 Å². The van der Waals surface area contributed by atoms with Crippen LogP contribution >= 0.6 is 0 Å². The minimum absolute atomic E-state index is 0.0922. The Kier molecular flexibility index (Phi) is 5.24. The number of aromatic nitrogens is 1. The summed E-state index contributed by atoms with van der Waals surface area (Å²) in [5, 5.41) is 0. The summed E-state index contributed by atoms with van der Waals surface area (Å²) in [4.78, 5) is 15.2. The molecule has 0 amide bonds. The van der Waals surface area contributed by atoms with E-state index in [2.05, 4.69) is 4.98 Å². The maximum Gasteiger partial charge on any atom is 0.314 e. The summed E-state index contributed by atoms with van der Waals surface area (Å²) in [5.41, 5.74) is 22.6. The standard InChI is InChI=1S/C11H13NO2.C5H8N4/c12-9-6-1-2-7-10(9)14-11(13)8-4-3-5-8;6-3-1-2-4(7)9-5(3)8/h1-2,6-8H,3-5,12H2;1-2H,6H2,(H4,7,8,9). The van der Waals surface area contributed by atoms with Gasteiger partial charge >= 0.3 is 5.97 Å². The van der Waals surface area contributed by atoms with Crippen molar-refractivity contribution in [1.82, 2.24) is 4.98 Å². The normalized spacial score (nSPS) is 13.4. The third-order valence-corrected chi connectivity index (χ3v) is 3.55. The minimum atomic E-state index is -0.144. The Labute approximate surface area is 134 Å². The molecule has 1 heterocycles. The van der Waals surface area contributed by atoms with Crippen LogP contribution in [0.5, 0.6) is 5.75 Å². The van der Waals surface area contributed by atoms with Crippen LogP contribution in [0, 0.1) is 5.92 Å². The van der Waals surface area contributed by atoms with Crippen molar-refractivity contribution >= 4 is 29.0 Å². The third-order valence-electron chi connectivity index (χ3n) is 3.55. The Morgan fingerprint density at radius 2 is 1.70 bits per heavy atom. The molecule has 1 aromatic carbocycles. The first kappa shape index (κ1) is 16.4. The van der Waals surface area contributed by atoms with Gasteiger partial charge in [0.1, 0.15) is 11.6 Å². The van der Waals surface area contributed by atoms with Gasteiger partial charge in [-0.1, -0.05) is 18.6 Å². The highest BCUT2D eigenvalue weighted by Gasteiger charge is 2.27. The second-order valence-corrected chi connectivity index (χ2v) is 5.30. The molecule has 1 fully saturated rings. The summed E-state index contributed by atoms with van der Waals surface area (Å²) < 4.78 is 5.19. The van der Waals surface area contributed by atoms with Gasteiger partial charge in [0, 0.05) is 0 Å². The van der Waals surface area contributed by atoms with E-state index in [0.29, 0.717) is 22.9 Å². The molecule has 23 heavy (non-hydrogen) atoms. The molecule has 0 unspecified atom stereocenters. The quantitative estimate of drug-likeness (QED) is 0.376. The van der Waals surface area contributed by atoms with Crippen molar-refractivity contribution in [2.75, 3.05) is 22.9 Å². The fraction of sp³-hybridized carbons (Fsp3) is 0.250. The fourth-order valence-corrected chi connectivity index (χ4v) is 1.91. The number of nitrogen functional groups attached to an aromatic ring is 4. The van der Waals surface area contributed by atoms with Gasteiger partial charge in [-0.3, -0.25) is 4.79 Å². The lowest BCUT2D eigenvalue weighted by Gasteiger charge is -2.23.